The summed E-state index contributed by atoms with van der Waals surface area (Å²) >= 11 is 0. The van der Waals surface area contributed by atoms with Crippen LogP contribution < -0.4 is 15.5 Å². The number of carbonyl (C=O) groups excluding carboxylic acids is 1. The number of nitrogens with one attached hydrogen (secondary N) is 2. The number of benzene rings is 3. The fraction of sp³-hybridized carbons (Fsp3) is 0.321. The van der Waals surface area contributed by atoms with Crippen LogP contribution in [-0.4, -0.2) is 50.6 Å². The molecule has 1 heterocycles. The number of rotatable bonds is 8. The van der Waals surface area contributed by atoms with Gasteiger partial charge in [-0.1, -0.05) is 60.2 Å². The number of piperazine rings is 1. The van der Waals surface area contributed by atoms with Gasteiger partial charge in [-0.2, -0.15) is 0 Å². The molecule has 0 aromatic heterocycles. The van der Waals surface area contributed by atoms with Crippen molar-refractivity contribution in [1.29, 1.82) is 0 Å². The Morgan fingerprint density at radius 1 is 0.879 bits per heavy atom. The van der Waals surface area contributed by atoms with Gasteiger partial charge in [0.15, 0.2) is 0 Å². The lowest BCUT2D eigenvalue weighted by atomic mass is 10.0. The summed E-state index contributed by atoms with van der Waals surface area (Å²) < 4.78 is 0. The van der Waals surface area contributed by atoms with E-state index in [2.05, 4.69) is 70.8 Å². The number of hydrogen-bond donors (Lipinski definition) is 2. The van der Waals surface area contributed by atoms with Crippen LogP contribution >= 0.6 is 0 Å². The second kappa shape index (κ2) is 11.1. The first-order chi connectivity index (χ1) is 16.1. The highest BCUT2D eigenvalue weighted by atomic mass is 16.2. The first-order valence-electron chi connectivity index (χ1n) is 11.8. The molecule has 0 spiro atoms. The van der Waals surface area contributed by atoms with Gasteiger partial charge in [-0.25, -0.2) is 0 Å². The van der Waals surface area contributed by atoms with Gasteiger partial charge >= 0.3 is 0 Å². The summed E-state index contributed by atoms with van der Waals surface area (Å²) in [6.07, 6.45) is 0.872. The molecule has 2 N–H and O–H groups in total. The number of aryl methyl sites for hydroxylation is 1. The number of carbonyl (C=O) groups is 1. The Morgan fingerprint density at radius 2 is 1.55 bits per heavy atom. The van der Waals surface area contributed by atoms with E-state index in [4.69, 9.17) is 0 Å². The van der Waals surface area contributed by atoms with E-state index < -0.39 is 6.04 Å². The van der Waals surface area contributed by atoms with Crippen LogP contribution in [0, 0.1) is 6.92 Å². The summed E-state index contributed by atoms with van der Waals surface area (Å²) in [5.41, 5.74) is 5.51. The molecule has 33 heavy (non-hydrogen) atoms. The molecule has 1 fully saturated rings. The fourth-order valence-electron chi connectivity index (χ4n) is 4.16. The Kier molecular flexibility index (Phi) is 7.76. The van der Waals surface area contributed by atoms with Gasteiger partial charge in [0.1, 0.15) is 6.04 Å². The van der Waals surface area contributed by atoms with Gasteiger partial charge in [0.25, 0.3) is 0 Å². The summed E-state index contributed by atoms with van der Waals surface area (Å²) in [5, 5.41) is 6.57. The van der Waals surface area contributed by atoms with Crippen LogP contribution in [0.4, 0.5) is 11.4 Å². The van der Waals surface area contributed by atoms with Gasteiger partial charge in [-0.05, 0) is 55.8 Å². The Balaban J connectivity index is 1.39. The minimum atomic E-state index is -0.408. The van der Waals surface area contributed by atoms with E-state index >= 15 is 0 Å². The van der Waals surface area contributed by atoms with E-state index in [0.29, 0.717) is 0 Å². The highest BCUT2D eigenvalue weighted by molar-refractivity contribution is 5.95. The molecule has 0 aliphatic carbocycles. The third-order valence-electron chi connectivity index (χ3n) is 6.28. The zero-order valence-corrected chi connectivity index (χ0v) is 19.6. The van der Waals surface area contributed by atoms with Gasteiger partial charge in [0, 0.05) is 44.1 Å². The lowest BCUT2D eigenvalue weighted by molar-refractivity contribution is -0.118. The monoisotopic (exact) mass is 442 g/mol. The topological polar surface area (TPSA) is 47.6 Å². The fourth-order valence-corrected chi connectivity index (χ4v) is 4.16. The SMILES string of the molecule is Cc1ccc(CCN[C@@H](C(=O)Nc2ccc(N3CCN(C)CC3)cc2)c2ccccc2)cc1. The number of hydrogen-bond acceptors (Lipinski definition) is 4. The number of nitrogens with zero attached hydrogens (tertiary/aromatic N) is 2. The maximum Gasteiger partial charge on any atom is 0.246 e. The van der Waals surface area contributed by atoms with Crippen molar-refractivity contribution in [2.75, 3.05) is 50.0 Å². The minimum absolute atomic E-state index is 0.0440. The van der Waals surface area contributed by atoms with Crippen LogP contribution in [0.3, 0.4) is 0 Å². The predicted octanol–water partition coefficient (Wildman–Crippen LogP) is 4.26. The van der Waals surface area contributed by atoms with E-state index in [9.17, 15) is 4.79 Å². The minimum Gasteiger partial charge on any atom is -0.369 e. The van der Waals surface area contributed by atoms with Crippen LogP contribution in [-0.2, 0) is 11.2 Å². The third kappa shape index (κ3) is 6.44. The molecule has 3 aromatic rings. The summed E-state index contributed by atoms with van der Waals surface area (Å²) in [6, 6.07) is 26.3. The van der Waals surface area contributed by atoms with Crippen molar-refractivity contribution in [3.8, 4) is 0 Å². The standard InChI is InChI=1S/C28H34N4O/c1-22-8-10-23(11-9-22)16-17-29-27(24-6-4-3-5-7-24)28(33)30-25-12-14-26(15-13-25)32-20-18-31(2)19-21-32/h3-15,27,29H,16-21H2,1-2H3,(H,30,33)/t27-/m1/s1. The second-order valence-electron chi connectivity index (χ2n) is 8.86. The molecule has 172 valence electrons. The van der Waals surface area contributed by atoms with Crippen LogP contribution in [0.25, 0.3) is 0 Å². The predicted molar refractivity (Wildman–Crippen MR) is 137 cm³/mol. The molecule has 1 saturated heterocycles. The first-order valence-corrected chi connectivity index (χ1v) is 11.8. The number of amides is 1. The van der Waals surface area contributed by atoms with Gasteiger partial charge in [-0.15, -0.1) is 0 Å². The van der Waals surface area contributed by atoms with Crippen LogP contribution in [0.1, 0.15) is 22.7 Å². The molecule has 3 aromatic carbocycles. The van der Waals surface area contributed by atoms with Gasteiger partial charge in [-0.3, -0.25) is 4.79 Å². The van der Waals surface area contributed by atoms with E-state index in [1.165, 1.54) is 16.8 Å². The zero-order valence-electron chi connectivity index (χ0n) is 19.6. The lowest BCUT2D eigenvalue weighted by Gasteiger charge is -2.34. The molecule has 0 radical (unpaired) electrons. The third-order valence-corrected chi connectivity index (χ3v) is 6.28. The van der Waals surface area contributed by atoms with E-state index in [0.717, 1.165) is 50.4 Å². The average Bonchev–Trinajstić information content (AvgIpc) is 2.84. The maximum atomic E-state index is 13.2. The molecule has 5 nitrogen and oxygen atoms in total. The molecule has 0 bridgehead atoms. The van der Waals surface area contributed by atoms with Crippen molar-refractivity contribution in [3.05, 3.63) is 95.6 Å². The summed E-state index contributed by atoms with van der Waals surface area (Å²) in [4.78, 5) is 18.0. The maximum absolute atomic E-state index is 13.2. The Hall–Kier alpha value is -3.15. The first kappa shape index (κ1) is 23.0. The molecule has 5 heteroatoms. The van der Waals surface area contributed by atoms with E-state index in [1.807, 2.05) is 42.5 Å². The van der Waals surface area contributed by atoms with Gasteiger partial charge in [0.05, 0.1) is 0 Å². The van der Waals surface area contributed by atoms with Crippen molar-refractivity contribution >= 4 is 17.3 Å². The Labute approximate surface area is 197 Å². The zero-order chi connectivity index (χ0) is 23.0. The molecule has 1 amide bonds. The van der Waals surface area contributed by atoms with Crippen LogP contribution in [0.15, 0.2) is 78.9 Å². The number of likely N-dealkylation sites (N-methyl/N-ethyl adjacent to an activating group) is 1. The molecular weight excluding hydrogens is 408 g/mol. The van der Waals surface area contributed by atoms with Crippen molar-refractivity contribution < 1.29 is 4.79 Å². The lowest BCUT2D eigenvalue weighted by Crippen LogP contribution is -2.44. The van der Waals surface area contributed by atoms with Gasteiger partial charge in [0.2, 0.25) is 5.91 Å². The normalized spacial score (nSPS) is 15.3. The Bertz CT molecular complexity index is 1010. The molecule has 0 saturated carbocycles. The highest BCUT2D eigenvalue weighted by Gasteiger charge is 2.20. The van der Waals surface area contributed by atoms with Crippen molar-refractivity contribution in [2.24, 2.45) is 0 Å². The molecule has 1 atom stereocenters. The molecule has 4 rings (SSSR count). The summed E-state index contributed by atoms with van der Waals surface area (Å²) in [5.74, 6) is -0.0440. The van der Waals surface area contributed by atoms with Crippen LogP contribution in [0.5, 0.6) is 0 Å². The largest absolute Gasteiger partial charge is 0.369 e. The molecule has 0 unspecified atom stereocenters. The van der Waals surface area contributed by atoms with Gasteiger partial charge < -0.3 is 20.4 Å². The average molecular weight is 443 g/mol. The smallest absolute Gasteiger partial charge is 0.246 e. The summed E-state index contributed by atoms with van der Waals surface area (Å²) in [7, 11) is 2.16. The second-order valence-corrected chi connectivity index (χ2v) is 8.86. The van der Waals surface area contributed by atoms with Crippen molar-refractivity contribution in [1.82, 2.24) is 10.2 Å². The highest BCUT2D eigenvalue weighted by Crippen LogP contribution is 2.21. The van der Waals surface area contributed by atoms with Crippen LogP contribution in [0.2, 0.25) is 0 Å². The molecular formula is C28H34N4O. The number of anilines is 2. The Morgan fingerprint density at radius 3 is 2.21 bits per heavy atom. The van der Waals surface area contributed by atoms with E-state index in [-0.39, 0.29) is 5.91 Å². The summed E-state index contributed by atoms with van der Waals surface area (Å²) in [6.45, 7) is 7.03. The van der Waals surface area contributed by atoms with Crippen molar-refractivity contribution in [3.63, 3.8) is 0 Å². The molecule has 1 aliphatic heterocycles. The van der Waals surface area contributed by atoms with E-state index in [1.54, 1.807) is 0 Å². The molecule has 1 aliphatic rings. The van der Waals surface area contributed by atoms with Crippen molar-refractivity contribution in [2.45, 2.75) is 19.4 Å². The quantitative estimate of drug-likeness (QED) is 0.547.